The third kappa shape index (κ3) is 3.58. The van der Waals surface area contributed by atoms with Gasteiger partial charge in [-0.1, -0.05) is 42.5 Å². The topological polar surface area (TPSA) is 105 Å². The molecule has 0 aliphatic heterocycles. The second-order valence-electron chi connectivity index (χ2n) is 6.33. The molecule has 7 nitrogen and oxygen atoms in total. The van der Waals surface area contributed by atoms with Gasteiger partial charge in [0.2, 0.25) is 0 Å². The number of aromatic amines is 1. The van der Waals surface area contributed by atoms with E-state index in [1.54, 1.807) is 0 Å². The van der Waals surface area contributed by atoms with Crippen LogP contribution in [0.2, 0.25) is 0 Å². The lowest BCUT2D eigenvalue weighted by atomic mass is 10.1. The summed E-state index contributed by atoms with van der Waals surface area (Å²) in [6.07, 6.45) is 1.52. The van der Waals surface area contributed by atoms with Crippen molar-refractivity contribution < 1.29 is 0 Å². The maximum absolute atomic E-state index is 5.74. The smallest absolute Gasteiger partial charge is 0.188 e. The van der Waals surface area contributed by atoms with Gasteiger partial charge in [-0.3, -0.25) is 5.10 Å². The molecule has 0 fully saturated rings. The number of H-pyrrole nitrogens is 1. The van der Waals surface area contributed by atoms with Gasteiger partial charge in [-0.05, 0) is 30.2 Å². The van der Waals surface area contributed by atoms with Crippen LogP contribution in [0.25, 0.3) is 11.0 Å². The summed E-state index contributed by atoms with van der Waals surface area (Å²) in [5.74, 6) is 1.46. The number of rotatable bonds is 6. The summed E-state index contributed by atoms with van der Waals surface area (Å²) in [5.41, 5.74) is 9.50. The van der Waals surface area contributed by atoms with Gasteiger partial charge in [-0.25, -0.2) is 9.97 Å². The zero-order valence-electron chi connectivity index (χ0n) is 15.0. The lowest BCUT2D eigenvalue weighted by Crippen LogP contribution is -2.08. The number of hydrogen-bond acceptors (Lipinski definition) is 6. The largest absolute Gasteiger partial charge is 0.363 e. The number of fused-ring (bicyclic) bond motifs is 1. The fourth-order valence-corrected chi connectivity index (χ4v) is 3.01. The van der Waals surface area contributed by atoms with Crippen LogP contribution in [-0.2, 0) is 6.54 Å². The van der Waals surface area contributed by atoms with Crippen molar-refractivity contribution in [2.45, 2.75) is 19.5 Å². The van der Waals surface area contributed by atoms with Gasteiger partial charge < -0.3 is 16.4 Å². The average Bonchev–Trinajstić information content (AvgIpc) is 3.12. The van der Waals surface area contributed by atoms with Crippen molar-refractivity contribution in [3.63, 3.8) is 0 Å². The molecule has 4 aromatic rings. The predicted octanol–water partition coefficient (Wildman–Crippen LogP) is 3.73. The minimum atomic E-state index is 0.0904. The molecule has 2 heterocycles. The quantitative estimate of drug-likeness (QED) is 0.418. The summed E-state index contributed by atoms with van der Waals surface area (Å²) in [7, 11) is 0. The molecule has 0 aliphatic carbocycles. The Kier molecular flexibility index (Phi) is 4.67. The minimum Gasteiger partial charge on any atom is -0.363 e. The second kappa shape index (κ2) is 7.43. The number of anilines is 3. The molecule has 136 valence electrons. The Morgan fingerprint density at radius 3 is 2.74 bits per heavy atom. The summed E-state index contributed by atoms with van der Waals surface area (Å²) in [6.45, 7) is 2.59. The van der Waals surface area contributed by atoms with Gasteiger partial charge >= 0.3 is 0 Å². The Bertz CT molecular complexity index is 1040. The monoisotopic (exact) mass is 359 g/mol. The molecule has 0 spiro atoms. The van der Waals surface area contributed by atoms with E-state index in [0.717, 1.165) is 28.3 Å². The summed E-state index contributed by atoms with van der Waals surface area (Å²) < 4.78 is 0. The molecule has 5 N–H and O–H groups in total. The van der Waals surface area contributed by atoms with Crippen molar-refractivity contribution in [1.29, 1.82) is 0 Å². The summed E-state index contributed by atoms with van der Waals surface area (Å²) in [6, 6.07) is 18.3. The Morgan fingerprint density at radius 1 is 1.07 bits per heavy atom. The van der Waals surface area contributed by atoms with Gasteiger partial charge in [0.1, 0.15) is 23.3 Å². The van der Waals surface area contributed by atoms with Crippen molar-refractivity contribution in [2.24, 2.45) is 5.73 Å². The van der Waals surface area contributed by atoms with Crippen molar-refractivity contribution in [3.8, 4) is 0 Å². The number of nitrogens with one attached hydrogen (secondary N) is 3. The summed E-state index contributed by atoms with van der Waals surface area (Å²) >= 11 is 0. The Labute approximate surface area is 157 Å². The van der Waals surface area contributed by atoms with Crippen LogP contribution in [-0.4, -0.2) is 20.2 Å². The lowest BCUT2D eigenvalue weighted by molar-refractivity contribution is 0.876. The highest BCUT2D eigenvalue weighted by Gasteiger charge is 2.15. The highest BCUT2D eigenvalue weighted by molar-refractivity contribution is 5.97. The van der Waals surface area contributed by atoms with Crippen LogP contribution in [0.3, 0.4) is 0 Å². The Hall–Kier alpha value is -3.45. The van der Waals surface area contributed by atoms with Gasteiger partial charge in [-0.15, -0.1) is 0 Å². The molecule has 1 atom stereocenters. The second-order valence-corrected chi connectivity index (χ2v) is 6.33. The van der Waals surface area contributed by atoms with Gasteiger partial charge in [-0.2, -0.15) is 5.10 Å². The van der Waals surface area contributed by atoms with Crippen molar-refractivity contribution >= 4 is 28.4 Å². The Morgan fingerprint density at radius 2 is 1.93 bits per heavy atom. The molecule has 0 radical (unpaired) electrons. The third-order valence-electron chi connectivity index (χ3n) is 4.44. The van der Waals surface area contributed by atoms with Crippen LogP contribution < -0.4 is 16.4 Å². The molecule has 2 aromatic heterocycles. The number of benzene rings is 2. The van der Waals surface area contributed by atoms with Crippen molar-refractivity contribution in [1.82, 2.24) is 20.2 Å². The first-order valence-corrected chi connectivity index (χ1v) is 8.81. The Balaban J connectivity index is 1.67. The third-order valence-corrected chi connectivity index (χ3v) is 4.44. The fourth-order valence-electron chi connectivity index (χ4n) is 3.01. The molecule has 0 aliphatic rings. The first kappa shape index (κ1) is 17.0. The van der Waals surface area contributed by atoms with Gasteiger partial charge in [0.25, 0.3) is 0 Å². The van der Waals surface area contributed by atoms with Crippen LogP contribution in [0.1, 0.15) is 24.1 Å². The first-order chi connectivity index (χ1) is 13.2. The van der Waals surface area contributed by atoms with E-state index in [4.69, 9.17) is 5.73 Å². The number of nitrogens with two attached hydrogens (primary N) is 1. The van der Waals surface area contributed by atoms with E-state index in [1.165, 1.54) is 11.9 Å². The molecule has 0 amide bonds. The molecule has 0 saturated heterocycles. The van der Waals surface area contributed by atoms with E-state index in [1.807, 2.05) is 42.5 Å². The van der Waals surface area contributed by atoms with E-state index in [9.17, 15) is 0 Å². The van der Waals surface area contributed by atoms with Crippen molar-refractivity contribution in [3.05, 3.63) is 72.1 Å². The van der Waals surface area contributed by atoms with Crippen molar-refractivity contribution in [2.75, 3.05) is 10.6 Å². The molecular weight excluding hydrogens is 338 g/mol. The zero-order valence-corrected chi connectivity index (χ0v) is 15.0. The molecule has 27 heavy (non-hydrogen) atoms. The van der Waals surface area contributed by atoms with Crippen LogP contribution in [0, 0.1) is 0 Å². The molecule has 0 saturated carbocycles. The maximum atomic E-state index is 5.74. The molecular formula is C20H21N7. The lowest BCUT2D eigenvalue weighted by Gasteiger charge is -2.16. The SMILES string of the molecule is C[C@H](Nc1ncnc2n[nH]c(Nc3cccc(CN)c3)c12)c1ccccc1. The van der Waals surface area contributed by atoms with Crippen LogP contribution >= 0.6 is 0 Å². The fraction of sp³-hybridized carbons (Fsp3) is 0.150. The van der Waals surface area contributed by atoms with Crippen LogP contribution in [0.15, 0.2) is 60.9 Å². The normalized spacial score (nSPS) is 12.1. The molecule has 0 unspecified atom stereocenters. The van der Waals surface area contributed by atoms with E-state index in [0.29, 0.717) is 12.2 Å². The number of hydrogen-bond donors (Lipinski definition) is 4. The van der Waals surface area contributed by atoms with Gasteiger partial charge in [0.15, 0.2) is 5.65 Å². The van der Waals surface area contributed by atoms with E-state index in [-0.39, 0.29) is 6.04 Å². The highest BCUT2D eigenvalue weighted by Crippen LogP contribution is 2.30. The van der Waals surface area contributed by atoms with E-state index < -0.39 is 0 Å². The van der Waals surface area contributed by atoms with Crippen LogP contribution in [0.4, 0.5) is 17.3 Å². The maximum Gasteiger partial charge on any atom is 0.188 e. The minimum absolute atomic E-state index is 0.0904. The van der Waals surface area contributed by atoms with Gasteiger partial charge in [0, 0.05) is 18.3 Å². The number of aromatic nitrogens is 4. The summed E-state index contributed by atoms with van der Waals surface area (Å²) in [4.78, 5) is 8.70. The first-order valence-electron chi connectivity index (χ1n) is 8.81. The highest BCUT2D eigenvalue weighted by atomic mass is 15.2. The molecule has 4 rings (SSSR count). The predicted molar refractivity (Wildman–Crippen MR) is 108 cm³/mol. The molecule has 7 heteroatoms. The standard InChI is InChI=1S/C20H21N7/c1-13(15-7-3-2-4-8-15)24-18-17-19(23-12-22-18)26-27-20(17)25-16-9-5-6-14(10-16)11-21/h2-10,12-13H,11,21H2,1H3,(H3,22,23,24,25,26,27)/t13-/m0/s1. The molecule has 2 aromatic carbocycles. The summed E-state index contributed by atoms with van der Waals surface area (Å²) in [5, 5.41) is 15.0. The number of nitrogens with zero attached hydrogens (tertiary/aromatic N) is 3. The molecule has 0 bridgehead atoms. The van der Waals surface area contributed by atoms with E-state index >= 15 is 0 Å². The van der Waals surface area contributed by atoms with Crippen LogP contribution in [0.5, 0.6) is 0 Å². The van der Waals surface area contributed by atoms with E-state index in [2.05, 4.69) is 49.9 Å². The van der Waals surface area contributed by atoms with Gasteiger partial charge in [0.05, 0.1) is 0 Å². The zero-order chi connectivity index (χ0) is 18.6. The average molecular weight is 359 g/mol.